The van der Waals surface area contributed by atoms with E-state index in [0.29, 0.717) is 29.8 Å². The average Bonchev–Trinajstić information content (AvgIpc) is 3.24. The van der Waals surface area contributed by atoms with Gasteiger partial charge in [0.25, 0.3) is 0 Å². The van der Waals surface area contributed by atoms with Crippen LogP contribution in [0.15, 0.2) is 18.2 Å². The van der Waals surface area contributed by atoms with Gasteiger partial charge in [-0.2, -0.15) is 5.10 Å². The van der Waals surface area contributed by atoms with Crippen LogP contribution in [0.1, 0.15) is 48.9 Å². The van der Waals surface area contributed by atoms with Crippen molar-refractivity contribution < 1.29 is 9.47 Å². The molecule has 1 aliphatic rings. The first-order valence-corrected chi connectivity index (χ1v) is 7.21. The second-order valence-electron chi connectivity index (χ2n) is 5.17. The zero-order valence-corrected chi connectivity index (χ0v) is 12.3. The SMILES string of the molecule is CCOc1cc([C@H](N)c2n[nH]c(C3CC3)n2)ccc1OC. The molecule has 0 bridgehead atoms. The molecule has 1 aromatic carbocycles. The summed E-state index contributed by atoms with van der Waals surface area (Å²) >= 11 is 0. The number of nitrogens with two attached hydrogens (primary N) is 1. The molecule has 0 spiro atoms. The number of rotatable bonds is 6. The highest BCUT2D eigenvalue weighted by molar-refractivity contribution is 5.44. The lowest BCUT2D eigenvalue weighted by Gasteiger charge is -2.13. The Bertz CT molecular complexity index is 622. The number of aromatic nitrogens is 3. The molecule has 1 fully saturated rings. The molecule has 0 unspecified atom stereocenters. The fraction of sp³-hybridized carbons (Fsp3) is 0.467. The fourth-order valence-electron chi connectivity index (χ4n) is 2.27. The van der Waals surface area contributed by atoms with E-state index in [-0.39, 0.29) is 6.04 Å². The molecule has 6 heteroatoms. The van der Waals surface area contributed by atoms with Crippen molar-refractivity contribution >= 4 is 0 Å². The highest BCUT2D eigenvalue weighted by atomic mass is 16.5. The third kappa shape index (κ3) is 2.85. The van der Waals surface area contributed by atoms with Gasteiger partial charge < -0.3 is 15.2 Å². The summed E-state index contributed by atoms with van der Waals surface area (Å²) in [5.74, 6) is 3.48. The van der Waals surface area contributed by atoms with Gasteiger partial charge in [-0.25, -0.2) is 4.98 Å². The van der Waals surface area contributed by atoms with E-state index in [1.807, 2.05) is 25.1 Å². The van der Waals surface area contributed by atoms with E-state index in [2.05, 4.69) is 15.2 Å². The predicted molar refractivity (Wildman–Crippen MR) is 78.6 cm³/mol. The van der Waals surface area contributed by atoms with Crippen molar-refractivity contribution in [1.29, 1.82) is 0 Å². The number of aromatic amines is 1. The van der Waals surface area contributed by atoms with Gasteiger partial charge in [0.2, 0.25) is 0 Å². The molecule has 1 aliphatic carbocycles. The highest BCUT2D eigenvalue weighted by Crippen LogP contribution is 2.38. The number of hydrogen-bond acceptors (Lipinski definition) is 5. The quantitative estimate of drug-likeness (QED) is 0.850. The molecule has 0 amide bonds. The summed E-state index contributed by atoms with van der Waals surface area (Å²) in [5, 5.41) is 7.22. The smallest absolute Gasteiger partial charge is 0.171 e. The van der Waals surface area contributed by atoms with Crippen LogP contribution >= 0.6 is 0 Å². The maximum Gasteiger partial charge on any atom is 0.171 e. The van der Waals surface area contributed by atoms with Crippen molar-refractivity contribution in [2.75, 3.05) is 13.7 Å². The minimum absolute atomic E-state index is 0.376. The molecule has 3 N–H and O–H groups in total. The number of nitrogens with zero attached hydrogens (tertiary/aromatic N) is 2. The highest BCUT2D eigenvalue weighted by Gasteiger charge is 2.28. The van der Waals surface area contributed by atoms with Crippen LogP contribution in [-0.2, 0) is 0 Å². The summed E-state index contributed by atoms with van der Waals surface area (Å²) in [5.41, 5.74) is 7.17. The van der Waals surface area contributed by atoms with Crippen molar-refractivity contribution in [1.82, 2.24) is 15.2 Å². The van der Waals surface area contributed by atoms with E-state index in [1.165, 1.54) is 12.8 Å². The monoisotopic (exact) mass is 288 g/mol. The van der Waals surface area contributed by atoms with Gasteiger partial charge in [0.1, 0.15) is 5.82 Å². The van der Waals surface area contributed by atoms with Crippen LogP contribution in [-0.4, -0.2) is 28.9 Å². The number of ether oxygens (including phenoxy) is 2. The van der Waals surface area contributed by atoms with Crippen LogP contribution in [0.2, 0.25) is 0 Å². The van der Waals surface area contributed by atoms with Gasteiger partial charge in [-0.1, -0.05) is 6.07 Å². The predicted octanol–water partition coefficient (Wildman–Crippen LogP) is 2.14. The Morgan fingerprint density at radius 3 is 2.86 bits per heavy atom. The Kier molecular flexibility index (Phi) is 3.79. The van der Waals surface area contributed by atoms with Gasteiger partial charge in [-0.15, -0.1) is 0 Å². The number of methoxy groups -OCH3 is 1. The third-order valence-electron chi connectivity index (χ3n) is 3.61. The van der Waals surface area contributed by atoms with Gasteiger partial charge in [-0.3, -0.25) is 5.10 Å². The van der Waals surface area contributed by atoms with Crippen molar-refractivity contribution in [2.45, 2.75) is 31.7 Å². The molecule has 1 saturated carbocycles. The molecule has 21 heavy (non-hydrogen) atoms. The van der Waals surface area contributed by atoms with Crippen LogP contribution in [0.4, 0.5) is 0 Å². The Balaban J connectivity index is 1.85. The molecular formula is C15H20N4O2. The summed E-state index contributed by atoms with van der Waals surface area (Å²) in [7, 11) is 1.62. The topological polar surface area (TPSA) is 86.0 Å². The van der Waals surface area contributed by atoms with Crippen LogP contribution in [0.5, 0.6) is 11.5 Å². The lowest BCUT2D eigenvalue weighted by atomic mass is 10.1. The normalized spacial score (nSPS) is 15.8. The van der Waals surface area contributed by atoms with E-state index < -0.39 is 0 Å². The number of benzene rings is 1. The minimum Gasteiger partial charge on any atom is -0.493 e. The number of H-pyrrole nitrogens is 1. The average molecular weight is 288 g/mol. The van der Waals surface area contributed by atoms with Crippen LogP contribution < -0.4 is 15.2 Å². The number of hydrogen-bond donors (Lipinski definition) is 2. The first-order chi connectivity index (χ1) is 10.2. The van der Waals surface area contributed by atoms with E-state index in [1.54, 1.807) is 7.11 Å². The van der Waals surface area contributed by atoms with Gasteiger partial charge >= 0.3 is 0 Å². The second kappa shape index (κ2) is 5.73. The Morgan fingerprint density at radius 2 is 2.19 bits per heavy atom. The molecule has 2 aromatic rings. The Hall–Kier alpha value is -2.08. The standard InChI is InChI=1S/C15H20N4O2/c1-3-21-12-8-10(6-7-11(12)20-2)13(16)15-17-14(18-19-15)9-4-5-9/h6-9,13H,3-5,16H2,1-2H3,(H,17,18,19)/t13-/m0/s1. The van der Waals surface area contributed by atoms with E-state index in [4.69, 9.17) is 15.2 Å². The van der Waals surface area contributed by atoms with Gasteiger partial charge in [0, 0.05) is 5.92 Å². The first-order valence-electron chi connectivity index (χ1n) is 7.21. The van der Waals surface area contributed by atoms with Crippen molar-refractivity contribution in [2.24, 2.45) is 5.73 Å². The Labute approximate surface area is 123 Å². The van der Waals surface area contributed by atoms with E-state index in [0.717, 1.165) is 11.4 Å². The largest absolute Gasteiger partial charge is 0.493 e. The molecule has 1 heterocycles. The van der Waals surface area contributed by atoms with Crippen LogP contribution in [0.25, 0.3) is 0 Å². The molecule has 0 aliphatic heterocycles. The molecule has 6 nitrogen and oxygen atoms in total. The van der Waals surface area contributed by atoms with E-state index in [9.17, 15) is 0 Å². The fourth-order valence-corrected chi connectivity index (χ4v) is 2.27. The number of nitrogens with one attached hydrogen (secondary N) is 1. The summed E-state index contributed by atoms with van der Waals surface area (Å²) in [6.07, 6.45) is 2.36. The molecule has 3 rings (SSSR count). The van der Waals surface area contributed by atoms with Gasteiger partial charge in [0.05, 0.1) is 19.8 Å². The van der Waals surface area contributed by atoms with Crippen molar-refractivity contribution in [3.05, 3.63) is 35.4 Å². The molecule has 1 aromatic heterocycles. The van der Waals surface area contributed by atoms with Crippen LogP contribution in [0.3, 0.4) is 0 Å². The third-order valence-corrected chi connectivity index (χ3v) is 3.61. The summed E-state index contributed by atoms with van der Waals surface area (Å²) in [4.78, 5) is 4.50. The summed E-state index contributed by atoms with van der Waals surface area (Å²) in [6.45, 7) is 2.50. The first kappa shape index (κ1) is 13.9. The molecule has 0 radical (unpaired) electrons. The molecule has 1 atom stereocenters. The lowest BCUT2D eigenvalue weighted by Crippen LogP contribution is -2.14. The van der Waals surface area contributed by atoms with Crippen molar-refractivity contribution in [3.8, 4) is 11.5 Å². The maximum absolute atomic E-state index is 6.27. The molecule has 112 valence electrons. The minimum atomic E-state index is -0.376. The van der Waals surface area contributed by atoms with Crippen molar-refractivity contribution in [3.63, 3.8) is 0 Å². The summed E-state index contributed by atoms with van der Waals surface area (Å²) in [6, 6.07) is 5.28. The zero-order valence-electron chi connectivity index (χ0n) is 12.3. The van der Waals surface area contributed by atoms with Gasteiger partial charge in [-0.05, 0) is 37.5 Å². The van der Waals surface area contributed by atoms with Crippen LogP contribution in [0, 0.1) is 0 Å². The second-order valence-corrected chi connectivity index (χ2v) is 5.17. The van der Waals surface area contributed by atoms with E-state index >= 15 is 0 Å². The lowest BCUT2D eigenvalue weighted by molar-refractivity contribution is 0.310. The molecular weight excluding hydrogens is 268 g/mol. The summed E-state index contributed by atoms with van der Waals surface area (Å²) < 4.78 is 10.9. The molecule has 0 saturated heterocycles. The Morgan fingerprint density at radius 1 is 1.38 bits per heavy atom. The van der Waals surface area contributed by atoms with Gasteiger partial charge in [0.15, 0.2) is 17.3 Å². The maximum atomic E-state index is 6.27. The zero-order chi connectivity index (χ0) is 14.8.